The van der Waals surface area contributed by atoms with E-state index in [1.165, 1.54) is 0 Å². The van der Waals surface area contributed by atoms with E-state index in [1.54, 1.807) is 0 Å². The van der Waals surface area contributed by atoms with E-state index in [4.69, 9.17) is 10.6 Å². The summed E-state index contributed by atoms with van der Waals surface area (Å²) in [7, 11) is 0. The van der Waals surface area contributed by atoms with Crippen LogP contribution < -0.4 is 0 Å². The minimum atomic E-state index is -1.14. The number of rotatable bonds is 4. The van der Waals surface area contributed by atoms with Crippen molar-refractivity contribution in [1.29, 1.82) is 0 Å². The van der Waals surface area contributed by atoms with Crippen LogP contribution in [-0.4, -0.2) is 21.6 Å². The monoisotopic (exact) mass is 142 g/mol. The third kappa shape index (κ3) is 2.99. The van der Waals surface area contributed by atoms with Gasteiger partial charge in [-0.25, -0.2) is 4.79 Å². The molecule has 0 bridgehead atoms. The van der Waals surface area contributed by atoms with Crippen molar-refractivity contribution in [2.24, 2.45) is 0 Å². The Balaban J connectivity index is 3.87. The lowest BCUT2D eigenvalue weighted by atomic mass is 10.2. The Morgan fingerprint density at radius 2 is 2.30 bits per heavy atom. The summed E-state index contributed by atoms with van der Waals surface area (Å²) in [6.07, 6.45) is 1.97. The Morgan fingerprint density at radius 3 is 2.60 bits per heavy atom. The zero-order chi connectivity index (χ0) is 7.98. The van der Waals surface area contributed by atoms with E-state index in [2.05, 4.69) is 4.79 Å². The minimum absolute atomic E-state index is 0.165. The van der Waals surface area contributed by atoms with Crippen LogP contribution in [0.5, 0.6) is 0 Å². The van der Waals surface area contributed by atoms with E-state index in [0.29, 0.717) is 6.42 Å². The second kappa shape index (κ2) is 4.70. The number of unbranched alkanes of at least 4 members (excludes halogenated alkanes) is 1. The molecule has 0 atom stereocenters. The fourth-order valence-corrected chi connectivity index (χ4v) is 0.544. The van der Waals surface area contributed by atoms with Gasteiger partial charge in [-0.3, -0.25) is 0 Å². The number of nitrogens with zero attached hydrogens (tertiary/aromatic N) is 2. The van der Waals surface area contributed by atoms with Crippen molar-refractivity contribution in [2.45, 2.75) is 26.2 Å². The van der Waals surface area contributed by atoms with Crippen LogP contribution in [-0.2, 0) is 4.79 Å². The smallest absolute Gasteiger partial charge is 0.414 e. The molecule has 0 aromatic heterocycles. The summed E-state index contributed by atoms with van der Waals surface area (Å²) in [5.74, 6) is -1.14. The molecule has 0 aliphatic carbocycles. The van der Waals surface area contributed by atoms with Crippen molar-refractivity contribution in [3.8, 4) is 0 Å². The van der Waals surface area contributed by atoms with Crippen molar-refractivity contribution in [2.75, 3.05) is 0 Å². The number of aliphatic carboxylic acids is 1. The van der Waals surface area contributed by atoms with Gasteiger partial charge in [-0.15, -0.1) is 0 Å². The molecular formula is C6H10N2O2. The predicted octanol–water partition coefficient (Wildman–Crippen LogP) is 0.932. The summed E-state index contributed by atoms with van der Waals surface area (Å²) < 4.78 is 0. The Morgan fingerprint density at radius 1 is 1.70 bits per heavy atom. The number of hydrogen-bond donors (Lipinski definition) is 1. The largest absolute Gasteiger partial charge is 0.473 e. The molecule has 56 valence electrons. The summed E-state index contributed by atoms with van der Waals surface area (Å²) in [5, 5.41) is 8.31. The first kappa shape index (κ1) is 8.85. The van der Waals surface area contributed by atoms with Crippen LogP contribution in [0.2, 0.25) is 0 Å². The third-order valence-electron chi connectivity index (χ3n) is 1.13. The molecule has 0 unspecified atom stereocenters. The van der Waals surface area contributed by atoms with E-state index >= 15 is 0 Å². The number of carboxylic acid groups (broad SMARTS) is 1. The maximum Gasteiger partial charge on any atom is 0.414 e. The first-order chi connectivity index (χ1) is 4.72. The summed E-state index contributed by atoms with van der Waals surface area (Å²) in [6.45, 7) is 1.94. The highest BCUT2D eigenvalue weighted by atomic mass is 16.4. The normalized spacial score (nSPS) is 8.50. The van der Waals surface area contributed by atoms with Crippen molar-refractivity contribution >= 4 is 11.7 Å². The first-order valence-corrected chi connectivity index (χ1v) is 3.16. The second-order valence-electron chi connectivity index (χ2n) is 1.96. The highest BCUT2D eigenvalue weighted by Crippen LogP contribution is 1.94. The molecule has 0 radical (unpaired) electrons. The first-order valence-electron chi connectivity index (χ1n) is 3.16. The Kier molecular flexibility index (Phi) is 4.16. The molecule has 0 spiro atoms. The second-order valence-corrected chi connectivity index (χ2v) is 1.96. The van der Waals surface area contributed by atoms with Crippen molar-refractivity contribution in [3.05, 3.63) is 5.53 Å². The van der Waals surface area contributed by atoms with Crippen molar-refractivity contribution in [3.63, 3.8) is 0 Å². The highest BCUT2D eigenvalue weighted by molar-refractivity contribution is 6.32. The van der Waals surface area contributed by atoms with Gasteiger partial charge in [0.1, 0.15) is 0 Å². The SMILES string of the molecule is CCCCC(=[N+]=[N-])C(=O)O. The zero-order valence-corrected chi connectivity index (χ0v) is 5.87. The molecule has 0 fully saturated rings. The minimum Gasteiger partial charge on any atom is -0.473 e. The predicted molar refractivity (Wildman–Crippen MR) is 35.8 cm³/mol. The Hall–Kier alpha value is -1.15. The fraction of sp³-hybridized carbons (Fsp3) is 0.667. The van der Waals surface area contributed by atoms with Gasteiger partial charge in [0.15, 0.2) is 0 Å². The Bertz CT molecular complexity index is 171. The van der Waals surface area contributed by atoms with Gasteiger partial charge in [0, 0.05) is 0 Å². The molecule has 0 heterocycles. The van der Waals surface area contributed by atoms with Crippen LogP contribution in [0.3, 0.4) is 0 Å². The van der Waals surface area contributed by atoms with Gasteiger partial charge in [-0.05, 0) is 6.42 Å². The topological polar surface area (TPSA) is 73.7 Å². The number of hydrogen-bond acceptors (Lipinski definition) is 1. The maximum absolute atomic E-state index is 10.1. The van der Waals surface area contributed by atoms with E-state index in [0.717, 1.165) is 12.8 Å². The summed E-state index contributed by atoms with van der Waals surface area (Å²) in [4.78, 5) is 12.8. The molecule has 1 N–H and O–H groups in total. The third-order valence-corrected chi connectivity index (χ3v) is 1.13. The van der Waals surface area contributed by atoms with Gasteiger partial charge in [0.2, 0.25) is 0 Å². The number of carbonyl (C=O) groups is 1. The lowest BCUT2D eigenvalue weighted by Crippen LogP contribution is -2.13. The zero-order valence-electron chi connectivity index (χ0n) is 5.87. The van der Waals surface area contributed by atoms with Crippen LogP contribution in [0.15, 0.2) is 0 Å². The highest BCUT2D eigenvalue weighted by Gasteiger charge is 2.16. The molecule has 4 heteroatoms. The molecule has 0 saturated heterocycles. The van der Waals surface area contributed by atoms with Gasteiger partial charge < -0.3 is 10.6 Å². The fourth-order valence-electron chi connectivity index (χ4n) is 0.544. The standard InChI is InChI=1S/C6H10N2O2/c1-2-3-4-5(8-7)6(9)10/h2-4H2,1H3,(H,9,10). The van der Waals surface area contributed by atoms with Crippen LogP contribution in [0.4, 0.5) is 0 Å². The van der Waals surface area contributed by atoms with Crippen LogP contribution >= 0.6 is 0 Å². The van der Waals surface area contributed by atoms with Crippen LogP contribution in [0, 0.1) is 0 Å². The molecule has 0 aliphatic heterocycles. The maximum atomic E-state index is 10.1. The number of carboxylic acids is 1. The molecule has 0 amide bonds. The summed E-state index contributed by atoms with van der Waals surface area (Å²) in [6, 6.07) is 0. The lowest BCUT2D eigenvalue weighted by Gasteiger charge is -1.86. The summed E-state index contributed by atoms with van der Waals surface area (Å²) >= 11 is 0. The average Bonchev–Trinajstić information content (AvgIpc) is 1.89. The van der Waals surface area contributed by atoms with E-state index < -0.39 is 5.97 Å². The van der Waals surface area contributed by atoms with Gasteiger partial charge in [-0.2, -0.15) is 4.79 Å². The summed E-state index contributed by atoms with van der Waals surface area (Å²) in [5.41, 5.74) is 7.97. The Labute approximate surface area is 59.1 Å². The van der Waals surface area contributed by atoms with E-state index in [9.17, 15) is 4.79 Å². The quantitative estimate of drug-likeness (QED) is 0.360. The van der Waals surface area contributed by atoms with Crippen LogP contribution in [0.25, 0.3) is 5.53 Å². The molecule has 4 nitrogen and oxygen atoms in total. The molecule has 0 aromatic carbocycles. The lowest BCUT2D eigenvalue weighted by molar-refractivity contribution is -0.134. The molecule has 0 aromatic rings. The van der Waals surface area contributed by atoms with Gasteiger partial charge in [0.05, 0.1) is 6.42 Å². The van der Waals surface area contributed by atoms with Gasteiger partial charge in [0.25, 0.3) is 0 Å². The molecule has 10 heavy (non-hydrogen) atoms. The van der Waals surface area contributed by atoms with E-state index in [1.807, 2.05) is 6.92 Å². The molecule has 0 rings (SSSR count). The van der Waals surface area contributed by atoms with Crippen molar-refractivity contribution < 1.29 is 14.7 Å². The molecular weight excluding hydrogens is 132 g/mol. The average molecular weight is 142 g/mol. The van der Waals surface area contributed by atoms with Gasteiger partial charge in [-0.1, -0.05) is 13.3 Å². The van der Waals surface area contributed by atoms with Crippen molar-refractivity contribution in [1.82, 2.24) is 0 Å². The molecule has 0 saturated carbocycles. The van der Waals surface area contributed by atoms with Crippen LogP contribution in [0.1, 0.15) is 26.2 Å². The van der Waals surface area contributed by atoms with Gasteiger partial charge >= 0.3 is 11.7 Å². The molecule has 0 aliphatic rings. The van der Waals surface area contributed by atoms with E-state index in [-0.39, 0.29) is 5.71 Å².